The molecule has 0 spiro atoms. The van der Waals surface area contributed by atoms with Gasteiger partial charge in [0.15, 0.2) is 0 Å². The lowest BCUT2D eigenvalue weighted by atomic mass is 10.2. The van der Waals surface area contributed by atoms with E-state index in [2.05, 4.69) is 22.5 Å². The molecule has 0 bridgehead atoms. The van der Waals surface area contributed by atoms with Gasteiger partial charge in [0.25, 0.3) is 0 Å². The van der Waals surface area contributed by atoms with E-state index in [9.17, 15) is 0 Å². The van der Waals surface area contributed by atoms with Crippen LogP contribution < -0.4 is 5.32 Å². The zero-order valence-electron chi connectivity index (χ0n) is 9.41. The van der Waals surface area contributed by atoms with Crippen LogP contribution in [0.3, 0.4) is 0 Å². The maximum Gasteiger partial charge on any atom is 0.148 e. The van der Waals surface area contributed by atoms with Gasteiger partial charge in [-0.1, -0.05) is 30.3 Å². The third kappa shape index (κ3) is 4.09. The molecule has 17 heavy (non-hydrogen) atoms. The summed E-state index contributed by atoms with van der Waals surface area (Å²) in [5, 5.41) is 16.2. The first-order valence-corrected chi connectivity index (χ1v) is 5.30. The van der Waals surface area contributed by atoms with Crippen LogP contribution in [0.2, 0.25) is 0 Å². The molecule has 2 rings (SSSR count). The van der Waals surface area contributed by atoms with Crippen molar-refractivity contribution < 1.29 is 5.11 Å². The highest BCUT2D eigenvalue weighted by Crippen LogP contribution is 2.05. The molecule has 0 atom stereocenters. The number of rotatable bonds is 5. The smallest absolute Gasteiger partial charge is 0.148 e. The topological polar surface area (TPSA) is 50.1 Å². The second-order valence-electron chi connectivity index (χ2n) is 3.53. The fourth-order valence-corrected chi connectivity index (χ4v) is 1.47. The molecule has 0 saturated carbocycles. The van der Waals surface area contributed by atoms with Crippen LogP contribution in [0.4, 0.5) is 5.82 Å². The predicted molar refractivity (Wildman–Crippen MR) is 70.3 cm³/mol. The van der Waals surface area contributed by atoms with E-state index < -0.39 is 0 Å². The average Bonchev–Trinajstić information content (AvgIpc) is 2.76. The normalized spacial score (nSPS) is 9.71. The van der Waals surface area contributed by atoms with Gasteiger partial charge >= 0.3 is 0 Å². The molecule has 1 heterocycles. The van der Waals surface area contributed by atoms with Crippen molar-refractivity contribution in [2.75, 3.05) is 11.9 Å². The first kappa shape index (κ1) is 13.5. The molecule has 1 aromatic heterocycles. The summed E-state index contributed by atoms with van der Waals surface area (Å²) >= 11 is 0. The van der Waals surface area contributed by atoms with Crippen LogP contribution in [-0.4, -0.2) is 21.5 Å². The van der Waals surface area contributed by atoms with Gasteiger partial charge in [0, 0.05) is 18.8 Å². The molecule has 4 nitrogen and oxygen atoms in total. The Morgan fingerprint density at radius 2 is 1.94 bits per heavy atom. The van der Waals surface area contributed by atoms with Crippen LogP contribution in [0.1, 0.15) is 5.56 Å². The van der Waals surface area contributed by atoms with Crippen molar-refractivity contribution in [1.82, 2.24) is 9.78 Å². The fraction of sp³-hybridized carbons (Fsp3) is 0.250. The molecule has 0 amide bonds. The molecule has 0 saturated heterocycles. The number of nitrogens with zero attached hydrogens (tertiary/aromatic N) is 2. The Balaban J connectivity index is 0.00000144. The molecule has 0 fully saturated rings. The number of hydrogen-bond acceptors (Lipinski definition) is 3. The lowest BCUT2D eigenvalue weighted by Crippen LogP contribution is -2.04. The highest BCUT2D eigenvalue weighted by molar-refractivity contribution is 5.85. The minimum atomic E-state index is 0. The van der Waals surface area contributed by atoms with Gasteiger partial charge in [-0.2, -0.15) is 5.10 Å². The van der Waals surface area contributed by atoms with Gasteiger partial charge in [-0.3, -0.25) is 4.68 Å². The minimum Gasteiger partial charge on any atom is -0.394 e. The molecule has 1 aromatic carbocycles. The second kappa shape index (κ2) is 6.93. The Kier molecular flexibility index (Phi) is 5.52. The van der Waals surface area contributed by atoms with Gasteiger partial charge in [0.1, 0.15) is 5.82 Å². The molecule has 0 aliphatic heterocycles. The molecular formula is C12H16ClN3O. The van der Waals surface area contributed by atoms with Crippen LogP contribution in [0, 0.1) is 0 Å². The summed E-state index contributed by atoms with van der Waals surface area (Å²) in [5.41, 5.74) is 1.22. The Hall–Kier alpha value is -1.52. The van der Waals surface area contributed by atoms with Crippen LogP contribution in [0.15, 0.2) is 42.6 Å². The second-order valence-corrected chi connectivity index (χ2v) is 3.53. The van der Waals surface area contributed by atoms with Crippen molar-refractivity contribution in [1.29, 1.82) is 0 Å². The van der Waals surface area contributed by atoms with E-state index in [4.69, 9.17) is 5.11 Å². The number of benzene rings is 1. The summed E-state index contributed by atoms with van der Waals surface area (Å²) in [4.78, 5) is 0. The molecular weight excluding hydrogens is 238 g/mol. The molecule has 2 N–H and O–H groups in total. The van der Waals surface area contributed by atoms with Gasteiger partial charge in [0.2, 0.25) is 0 Å². The van der Waals surface area contributed by atoms with Gasteiger partial charge < -0.3 is 10.4 Å². The molecule has 92 valence electrons. The van der Waals surface area contributed by atoms with E-state index in [0.717, 1.165) is 12.4 Å². The lowest BCUT2D eigenvalue weighted by Gasteiger charge is -2.02. The number of halogens is 1. The summed E-state index contributed by atoms with van der Waals surface area (Å²) in [7, 11) is 0. The average molecular weight is 254 g/mol. The molecule has 2 aromatic rings. The monoisotopic (exact) mass is 253 g/mol. The third-order valence-corrected chi connectivity index (χ3v) is 2.29. The first-order valence-electron chi connectivity index (χ1n) is 5.30. The Labute approximate surface area is 107 Å². The SMILES string of the molecule is Cl.OCCn1ccc(NCc2ccccc2)n1. The maximum absolute atomic E-state index is 8.76. The summed E-state index contributed by atoms with van der Waals surface area (Å²) in [6.45, 7) is 1.41. The van der Waals surface area contributed by atoms with Gasteiger partial charge in [-0.15, -0.1) is 12.4 Å². The number of anilines is 1. The molecule has 5 heteroatoms. The van der Waals surface area contributed by atoms with Crippen molar-refractivity contribution in [3.05, 3.63) is 48.2 Å². The zero-order chi connectivity index (χ0) is 11.2. The number of hydrogen-bond donors (Lipinski definition) is 2. The van der Waals surface area contributed by atoms with Gasteiger partial charge in [0.05, 0.1) is 13.2 Å². The zero-order valence-corrected chi connectivity index (χ0v) is 10.2. The number of nitrogens with one attached hydrogen (secondary N) is 1. The van der Waals surface area contributed by atoms with E-state index in [1.165, 1.54) is 5.56 Å². The Morgan fingerprint density at radius 1 is 1.18 bits per heavy atom. The third-order valence-electron chi connectivity index (χ3n) is 2.29. The highest BCUT2D eigenvalue weighted by Gasteiger charge is 1.97. The largest absolute Gasteiger partial charge is 0.394 e. The van der Waals surface area contributed by atoms with E-state index >= 15 is 0 Å². The Bertz CT molecular complexity index is 430. The fourth-order valence-electron chi connectivity index (χ4n) is 1.47. The molecule has 0 unspecified atom stereocenters. The van der Waals surface area contributed by atoms with E-state index in [1.54, 1.807) is 4.68 Å². The predicted octanol–water partition coefficient (Wildman–Crippen LogP) is 1.91. The summed E-state index contributed by atoms with van der Waals surface area (Å²) < 4.78 is 1.72. The van der Waals surface area contributed by atoms with Crippen molar-refractivity contribution in [2.45, 2.75) is 13.1 Å². The maximum atomic E-state index is 8.76. The van der Waals surface area contributed by atoms with Crippen molar-refractivity contribution >= 4 is 18.2 Å². The van der Waals surface area contributed by atoms with Crippen LogP contribution in [0.25, 0.3) is 0 Å². The number of aliphatic hydroxyl groups is 1. The highest BCUT2D eigenvalue weighted by atomic mass is 35.5. The summed E-state index contributed by atoms with van der Waals surface area (Å²) in [6, 6.07) is 12.1. The summed E-state index contributed by atoms with van der Waals surface area (Å²) in [5.74, 6) is 0.831. The van der Waals surface area contributed by atoms with E-state index in [-0.39, 0.29) is 19.0 Å². The van der Waals surface area contributed by atoms with Crippen LogP contribution in [0.5, 0.6) is 0 Å². The molecule has 0 aliphatic carbocycles. The van der Waals surface area contributed by atoms with Gasteiger partial charge in [-0.05, 0) is 5.56 Å². The number of aromatic nitrogens is 2. The van der Waals surface area contributed by atoms with Crippen LogP contribution in [-0.2, 0) is 13.1 Å². The van der Waals surface area contributed by atoms with Crippen molar-refractivity contribution in [2.24, 2.45) is 0 Å². The quantitative estimate of drug-likeness (QED) is 0.856. The molecule has 0 radical (unpaired) electrons. The van der Waals surface area contributed by atoms with Crippen molar-refractivity contribution in [3.63, 3.8) is 0 Å². The lowest BCUT2D eigenvalue weighted by molar-refractivity contribution is 0.269. The Morgan fingerprint density at radius 3 is 2.65 bits per heavy atom. The minimum absolute atomic E-state index is 0. The first-order chi connectivity index (χ1) is 7.88. The van der Waals surface area contributed by atoms with Crippen LogP contribution >= 0.6 is 12.4 Å². The van der Waals surface area contributed by atoms with Gasteiger partial charge in [-0.25, -0.2) is 0 Å². The molecule has 0 aliphatic rings. The summed E-state index contributed by atoms with van der Waals surface area (Å²) in [6.07, 6.45) is 1.85. The van der Waals surface area contributed by atoms with Crippen molar-refractivity contribution in [3.8, 4) is 0 Å². The number of aliphatic hydroxyl groups excluding tert-OH is 1. The van der Waals surface area contributed by atoms with E-state index in [0.29, 0.717) is 6.54 Å². The van der Waals surface area contributed by atoms with E-state index in [1.807, 2.05) is 30.5 Å². The standard InChI is InChI=1S/C12H15N3O.ClH/c16-9-8-15-7-6-12(14-15)13-10-11-4-2-1-3-5-11;/h1-7,16H,8-10H2,(H,13,14);1H.